The van der Waals surface area contributed by atoms with Crippen molar-refractivity contribution >= 4 is 5.82 Å². The molecule has 0 radical (unpaired) electrons. The van der Waals surface area contributed by atoms with Gasteiger partial charge in [-0.2, -0.15) is 5.10 Å². The standard InChI is InChI=1S/C8H13N3.C2H6.CH5N/c9-8-5-7(10-11-8)6-3-1-2-4-6;2*1-2/h5-6H,1-4H2,(H3,9,10,11);1-2H3;2H2,1H3. The molecule has 1 saturated carbocycles. The molecule has 0 unspecified atom stereocenters. The van der Waals surface area contributed by atoms with E-state index in [4.69, 9.17) is 5.73 Å². The first-order valence-corrected chi connectivity index (χ1v) is 5.75. The normalized spacial score (nSPS) is 14.9. The average molecular weight is 212 g/mol. The third-order valence-electron chi connectivity index (χ3n) is 2.41. The van der Waals surface area contributed by atoms with Crippen molar-refractivity contribution in [3.8, 4) is 0 Å². The molecule has 4 heteroatoms. The Morgan fingerprint density at radius 3 is 2.20 bits per heavy atom. The van der Waals surface area contributed by atoms with E-state index in [-0.39, 0.29) is 0 Å². The fraction of sp³-hybridized carbons (Fsp3) is 0.727. The summed E-state index contributed by atoms with van der Waals surface area (Å²) >= 11 is 0. The second-order valence-corrected chi connectivity index (χ2v) is 3.23. The molecule has 1 heterocycles. The molecule has 0 saturated heterocycles. The molecule has 88 valence electrons. The van der Waals surface area contributed by atoms with Crippen molar-refractivity contribution in [2.24, 2.45) is 5.73 Å². The largest absolute Gasteiger partial charge is 0.382 e. The van der Waals surface area contributed by atoms with E-state index in [0.717, 1.165) is 0 Å². The molecule has 1 fully saturated rings. The van der Waals surface area contributed by atoms with Gasteiger partial charge in [-0.1, -0.05) is 26.7 Å². The number of nitrogens with two attached hydrogens (primary N) is 2. The topological polar surface area (TPSA) is 80.7 Å². The van der Waals surface area contributed by atoms with Gasteiger partial charge in [0.15, 0.2) is 0 Å². The molecule has 1 aliphatic carbocycles. The number of aromatic nitrogens is 2. The fourth-order valence-corrected chi connectivity index (χ4v) is 1.80. The van der Waals surface area contributed by atoms with Gasteiger partial charge in [0, 0.05) is 17.7 Å². The fourth-order valence-electron chi connectivity index (χ4n) is 1.80. The predicted molar refractivity (Wildman–Crippen MR) is 65.7 cm³/mol. The first-order valence-electron chi connectivity index (χ1n) is 5.75. The summed E-state index contributed by atoms with van der Waals surface area (Å²) in [5.74, 6) is 1.31. The lowest BCUT2D eigenvalue weighted by atomic mass is 10.1. The third kappa shape index (κ3) is 4.34. The molecule has 0 amide bonds. The van der Waals surface area contributed by atoms with Gasteiger partial charge in [0.2, 0.25) is 0 Å². The van der Waals surface area contributed by atoms with Gasteiger partial charge in [-0.15, -0.1) is 0 Å². The Hall–Kier alpha value is -1.03. The number of aromatic amines is 1. The van der Waals surface area contributed by atoms with E-state index < -0.39 is 0 Å². The first-order chi connectivity index (χ1) is 7.36. The van der Waals surface area contributed by atoms with Crippen LogP contribution >= 0.6 is 0 Å². The van der Waals surface area contributed by atoms with Crippen LogP contribution in [0.2, 0.25) is 0 Å². The maximum absolute atomic E-state index is 5.50. The number of nitrogens with one attached hydrogen (secondary N) is 1. The van der Waals surface area contributed by atoms with Crippen LogP contribution in [0.15, 0.2) is 6.07 Å². The van der Waals surface area contributed by atoms with Crippen molar-refractivity contribution in [1.82, 2.24) is 10.2 Å². The van der Waals surface area contributed by atoms with E-state index in [1.807, 2.05) is 19.9 Å². The minimum Gasteiger partial charge on any atom is -0.382 e. The molecule has 0 aliphatic heterocycles. The van der Waals surface area contributed by atoms with Gasteiger partial charge in [-0.3, -0.25) is 5.10 Å². The molecule has 1 aromatic rings. The number of anilines is 1. The lowest BCUT2D eigenvalue weighted by Gasteiger charge is -2.02. The minimum atomic E-state index is 0.618. The highest BCUT2D eigenvalue weighted by molar-refractivity contribution is 5.30. The number of hydrogen-bond acceptors (Lipinski definition) is 3. The van der Waals surface area contributed by atoms with Crippen LogP contribution in [0.4, 0.5) is 5.82 Å². The first kappa shape index (κ1) is 14.0. The molecule has 0 aromatic carbocycles. The lowest BCUT2D eigenvalue weighted by molar-refractivity contribution is 0.693. The summed E-state index contributed by atoms with van der Waals surface area (Å²) in [7, 11) is 1.50. The molecule has 5 N–H and O–H groups in total. The van der Waals surface area contributed by atoms with Crippen molar-refractivity contribution in [2.75, 3.05) is 12.8 Å². The summed E-state index contributed by atoms with van der Waals surface area (Å²) in [6, 6.07) is 1.95. The number of hydrogen-bond donors (Lipinski definition) is 3. The minimum absolute atomic E-state index is 0.618. The Morgan fingerprint density at radius 2 is 1.80 bits per heavy atom. The summed E-state index contributed by atoms with van der Waals surface area (Å²) < 4.78 is 0. The molecule has 0 atom stereocenters. The van der Waals surface area contributed by atoms with Crippen molar-refractivity contribution in [3.05, 3.63) is 11.8 Å². The molecular formula is C11H24N4. The summed E-state index contributed by atoms with van der Waals surface area (Å²) in [6.07, 6.45) is 5.29. The molecule has 1 aromatic heterocycles. The zero-order valence-electron chi connectivity index (χ0n) is 10.1. The van der Waals surface area contributed by atoms with E-state index >= 15 is 0 Å². The molecule has 2 rings (SSSR count). The number of nitrogens with zero attached hydrogens (tertiary/aromatic N) is 1. The Labute approximate surface area is 92.4 Å². The van der Waals surface area contributed by atoms with Crippen LogP contribution in [0.1, 0.15) is 51.1 Å². The van der Waals surface area contributed by atoms with Crippen LogP contribution in [-0.2, 0) is 0 Å². The van der Waals surface area contributed by atoms with Gasteiger partial charge in [0.1, 0.15) is 5.82 Å². The zero-order chi connectivity index (χ0) is 11.7. The Balaban J connectivity index is 0.000000442. The van der Waals surface area contributed by atoms with Crippen molar-refractivity contribution in [2.45, 2.75) is 45.4 Å². The van der Waals surface area contributed by atoms with Crippen LogP contribution in [0, 0.1) is 0 Å². The number of H-pyrrole nitrogens is 1. The second-order valence-electron chi connectivity index (χ2n) is 3.23. The van der Waals surface area contributed by atoms with E-state index in [1.54, 1.807) is 0 Å². The van der Waals surface area contributed by atoms with E-state index in [1.165, 1.54) is 38.4 Å². The monoisotopic (exact) mass is 212 g/mol. The van der Waals surface area contributed by atoms with Gasteiger partial charge in [-0.05, 0) is 19.9 Å². The lowest BCUT2D eigenvalue weighted by Crippen LogP contribution is -1.91. The van der Waals surface area contributed by atoms with Crippen LogP contribution < -0.4 is 11.5 Å². The highest BCUT2D eigenvalue weighted by Crippen LogP contribution is 2.33. The smallest absolute Gasteiger partial charge is 0.145 e. The van der Waals surface area contributed by atoms with Crippen LogP contribution in [0.25, 0.3) is 0 Å². The highest BCUT2D eigenvalue weighted by Gasteiger charge is 2.18. The average Bonchev–Trinajstić information content (AvgIpc) is 2.94. The van der Waals surface area contributed by atoms with Crippen molar-refractivity contribution in [1.29, 1.82) is 0 Å². The van der Waals surface area contributed by atoms with E-state index in [2.05, 4.69) is 15.9 Å². The van der Waals surface area contributed by atoms with Crippen LogP contribution in [0.5, 0.6) is 0 Å². The predicted octanol–water partition coefficient (Wildman–Crippen LogP) is 2.25. The van der Waals surface area contributed by atoms with Crippen molar-refractivity contribution in [3.63, 3.8) is 0 Å². The molecule has 0 spiro atoms. The Morgan fingerprint density at radius 1 is 1.27 bits per heavy atom. The maximum Gasteiger partial charge on any atom is 0.145 e. The second kappa shape index (κ2) is 8.29. The molecule has 4 nitrogen and oxygen atoms in total. The maximum atomic E-state index is 5.50. The van der Waals surface area contributed by atoms with Gasteiger partial charge >= 0.3 is 0 Å². The summed E-state index contributed by atoms with van der Waals surface area (Å²) in [6.45, 7) is 4.00. The van der Waals surface area contributed by atoms with E-state index in [0.29, 0.717) is 11.7 Å². The molecule has 1 aliphatic rings. The molecule has 15 heavy (non-hydrogen) atoms. The third-order valence-corrected chi connectivity index (χ3v) is 2.41. The number of nitrogen functional groups attached to an aromatic ring is 1. The highest BCUT2D eigenvalue weighted by atomic mass is 15.2. The Kier molecular flexibility index (Phi) is 7.72. The van der Waals surface area contributed by atoms with Gasteiger partial charge < -0.3 is 11.5 Å². The van der Waals surface area contributed by atoms with E-state index in [9.17, 15) is 0 Å². The number of rotatable bonds is 1. The van der Waals surface area contributed by atoms with Crippen LogP contribution in [0.3, 0.4) is 0 Å². The van der Waals surface area contributed by atoms with Gasteiger partial charge in [0.05, 0.1) is 0 Å². The zero-order valence-corrected chi connectivity index (χ0v) is 10.1. The SMILES string of the molecule is CC.CN.Nc1cc(C2CCCC2)[nH]n1. The molecule has 0 bridgehead atoms. The summed E-state index contributed by atoms with van der Waals surface area (Å²) in [5, 5.41) is 6.89. The van der Waals surface area contributed by atoms with Crippen molar-refractivity contribution < 1.29 is 0 Å². The molecular weight excluding hydrogens is 188 g/mol. The van der Waals surface area contributed by atoms with Gasteiger partial charge in [-0.25, -0.2) is 0 Å². The summed E-state index contributed by atoms with van der Waals surface area (Å²) in [4.78, 5) is 0. The van der Waals surface area contributed by atoms with Gasteiger partial charge in [0.25, 0.3) is 0 Å². The van der Waals surface area contributed by atoms with Crippen LogP contribution in [-0.4, -0.2) is 17.2 Å². The Bertz CT molecular complexity index is 238. The summed E-state index contributed by atoms with van der Waals surface area (Å²) in [5.41, 5.74) is 11.2. The quantitative estimate of drug-likeness (QED) is 0.668.